The molecule has 0 saturated carbocycles. The molecule has 0 aromatic heterocycles. The Labute approximate surface area is 175 Å². The van der Waals surface area contributed by atoms with Gasteiger partial charge in [0, 0.05) is 12.5 Å². The van der Waals surface area contributed by atoms with E-state index in [-0.39, 0.29) is 13.2 Å². The number of nitrogens with one attached hydrogen (secondary N) is 1. The van der Waals surface area contributed by atoms with Crippen molar-refractivity contribution in [2.75, 3.05) is 46.6 Å². The van der Waals surface area contributed by atoms with E-state index < -0.39 is 74.4 Å². The molecule has 2 saturated heterocycles. The van der Waals surface area contributed by atoms with Crippen molar-refractivity contribution in [3.05, 3.63) is 0 Å². The third-order valence-corrected chi connectivity index (χ3v) is 5.35. The first-order valence-corrected chi connectivity index (χ1v) is 10.1. The fourth-order valence-corrected chi connectivity index (χ4v) is 3.37. The maximum Gasteiger partial charge on any atom is 0.187 e. The van der Waals surface area contributed by atoms with Crippen molar-refractivity contribution in [1.29, 1.82) is 0 Å². The van der Waals surface area contributed by atoms with Gasteiger partial charge >= 0.3 is 0 Å². The monoisotopic (exact) mass is 441 g/mol. The fraction of sp³-hybridized carbons (Fsp3) is 1.00. The highest BCUT2D eigenvalue weighted by atomic mass is 16.8. The molecule has 178 valence electrons. The predicted molar refractivity (Wildman–Crippen MR) is 100 cm³/mol. The van der Waals surface area contributed by atoms with E-state index in [2.05, 4.69) is 5.32 Å². The minimum absolute atomic E-state index is 0.0810. The molecule has 0 aromatic rings. The number of aliphatic hydroxyl groups is 6. The standard InChI is InChI=1S/C18H35NO11/c1-9-12(22)10(7-20)28-17(13(9)23)30-16-15(25)14(24)11(8-21)29-18(16)27-6-5-26-4-3-19-2/h9-25H,3-8H2,1-2H3/t9-,10+,11-,12-,13-,14+,15-,16-,17+,18?/m0/s1. The predicted octanol–water partition coefficient (Wildman–Crippen LogP) is -3.86. The summed E-state index contributed by atoms with van der Waals surface area (Å²) in [6, 6.07) is 0. The lowest BCUT2D eigenvalue weighted by Crippen LogP contribution is -2.63. The van der Waals surface area contributed by atoms with E-state index in [1.165, 1.54) is 0 Å². The fourth-order valence-electron chi connectivity index (χ4n) is 3.37. The van der Waals surface area contributed by atoms with Gasteiger partial charge in [0.15, 0.2) is 12.6 Å². The van der Waals surface area contributed by atoms with E-state index in [1.807, 2.05) is 0 Å². The number of likely N-dealkylation sites (N-methyl/N-ethyl adjacent to an activating group) is 1. The first-order valence-electron chi connectivity index (χ1n) is 10.1. The van der Waals surface area contributed by atoms with Crippen molar-refractivity contribution in [3.8, 4) is 0 Å². The summed E-state index contributed by atoms with van der Waals surface area (Å²) < 4.78 is 27.6. The van der Waals surface area contributed by atoms with Crippen molar-refractivity contribution >= 4 is 0 Å². The van der Waals surface area contributed by atoms with Crippen LogP contribution in [-0.4, -0.2) is 133 Å². The van der Waals surface area contributed by atoms with Gasteiger partial charge in [-0.1, -0.05) is 6.92 Å². The summed E-state index contributed by atoms with van der Waals surface area (Å²) >= 11 is 0. The molecule has 1 unspecified atom stereocenters. The lowest BCUT2D eigenvalue weighted by atomic mass is 9.90. The first-order chi connectivity index (χ1) is 14.3. The number of aliphatic hydroxyl groups excluding tert-OH is 6. The van der Waals surface area contributed by atoms with Gasteiger partial charge in [-0.25, -0.2) is 0 Å². The van der Waals surface area contributed by atoms with Gasteiger partial charge in [-0.3, -0.25) is 0 Å². The van der Waals surface area contributed by atoms with Gasteiger partial charge in [-0.05, 0) is 7.05 Å². The molecule has 7 N–H and O–H groups in total. The van der Waals surface area contributed by atoms with Gasteiger partial charge in [-0.15, -0.1) is 0 Å². The molecule has 2 fully saturated rings. The van der Waals surface area contributed by atoms with Crippen LogP contribution in [0.1, 0.15) is 6.92 Å². The molecule has 2 aliphatic heterocycles. The number of rotatable bonds is 11. The minimum atomic E-state index is -1.52. The molecule has 12 nitrogen and oxygen atoms in total. The van der Waals surface area contributed by atoms with E-state index >= 15 is 0 Å². The topological polar surface area (TPSA) is 180 Å². The van der Waals surface area contributed by atoms with Gasteiger partial charge in [0.25, 0.3) is 0 Å². The molecule has 0 bridgehead atoms. The second-order valence-electron chi connectivity index (χ2n) is 7.46. The Kier molecular flexibility index (Phi) is 10.8. The Balaban J connectivity index is 2.04. The third kappa shape index (κ3) is 6.28. The molecule has 30 heavy (non-hydrogen) atoms. The van der Waals surface area contributed by atoms with Crippen LogP contribution in [0, 0.1) is 5.92 Å². The lowest BCUT2D eigenvalue weighted by molar-refractivity contribution is -0.363. The highest BCUT2D eigenvalue weighted by Gasteiger charge is 2.50. The van der Waals surface area contributed by atoms with Crippen LogP contribution in [0.15, 0.2) is 0 Å². The molecule has 0 spiro atoms. The van der Waals surface area contributed by atoms with Gasteiger partial charge < -0.3 is 59.6 Å². The lowest BCUT2D eigenvalue weighted by Gasteiger charge is -2.46. The second kappa shape index (κ2) is 12.5. The zero-order valence-electron chi connectivity index (χ0n) is 17.2. The molecular formula is C18H35NO11. The van der Waals surface area contributed by atoms with E-state index in [0.717, 1.165) is 0 Å². The van der Waals surface area contributed by atoms with E-state index in [0.29, 0.717) is 13.2 Å². The van der Waals surface area contributed by atoms with Crippen molar-refractivity contribution in [2.24, 2.45) is 5.92 Å². The van der Waals surface area contributed by atoms with Crippen LogP contribution >= 0.6 is 0 Å². The number of hydrogen-bond acceptors (Lipinski definition) is 12. The van der Waals surface area contributed by atoms with Crippen LogP contribution in [-0.2, 0) is 23.7 Å². The molecule has 2 aliphatic rings. The SMILES string of the molecule is CNCCOCCOC1O[C@@H](CO)[C@@H](O)[C@H](O)[C@@H]1O[C@H]1O[C@H](CO)[C@@H](O)[C@H](C)[C@@H]1O. The maximum atomic E-state index is 10.5. The largest absolute Gasteiger partial charge is 0.394 e. The Bertz CT molecular complexity index is 485. The minimum Gasteiger partial charge on any atom is -0.394 e. The third-order valence-electron chi connectivity index (χ3n) is 5.35. The van der Waals surface area contributed by atoms with Gasteiger partial charge in [0.1, 0.15) is 36.6 Å². The Morgan fingerprint density at radius 3 is 2.07 bits per heavy atom. The quantitative estimate of drug-likeness (QED) is 0.155. The van der Waals surface area contributed by atoms with Crippen LogP contribution in [0.2, 0.25) is 0 Å². The molecule has 0 radical (unpaired) electrons. The summed E-state index contributed by atoms with van der Waals surface area (Å²) in [6.07, 6.45) is -11.2. The summed E-state index contributed by atoms with van der Waals surface area (Å²) in [5.41, 5.74) is 0. The van der Waals surface area contributed by atoms with Crippen LogP contribution in [0.25, 0.3) is 0 Å². The number of ether oxygens (including phenoxy) is 5. The highest BCUT2D eigenvalue weighted by molar-refractivity contribution is 4.92. The second-order valence-corrected chi connectivity index (χ2v) is 7.46. The van der Waals surface area contributed by atoms with Gasteiger partial charge in [0.05, 0.1) is 39.1 Å². The summed E-state index contributed by atoms with van der Waals surface area (Å²) in [7, 11) is 1.79. The van der Waals surface area contributed by atoms with Gasteiger partial charge in [0.2, 0.25) is 0 Å². The average Bonchev–Trinajstić information content (AvgIpc) is 2.75. The van der Waals surface area contributed by atoms with E-state index in [1.54, 1.807) is 14.0 Å². The van der Waals surface area contributed by atoms with Crippen molar-refractivity contribution in [1.82, 2.24) is 5.32 Å². The first kappa shape index (κ1) is 25.8. The maximum absolute atomic E-state index is 10.5. The Morgan fingerprint density at radius 1 is 0.800 bits per heavy atom. The van der Waals surface area contributed by atoms with Crippen LogP contribution in [0.3, 0.4) is 0 Å². The summed E-state index contributed by atoms with van der Waals surface area (Å²) in [6.45, 7) is 1.96. The summed E-state index contributed by atoms with van der Waals surface area (Å²) in [5, 5.41) is 62.9. The zero-order valence-corrected chi connectivity index (χ0v) is 17.2. The smallest absolute Gasteiger partial charge is 0.187 e. The van der Waals surface area contributed by atoms with Crippen LogP contribution < -0.4 is 5.32 Å². The van der Waals surface area contributed by atoms with Crippen molar-refractivity contribution in [2.45, 2.75) is 62.2 Å². The summed E-state index contributed by atoms with van der Waals surface area (Å²) in [5.74, 6) is -0.683. The Hall–Kier alpha value is -0.480. The zero-order chi connectivity index (χ0) is 22.3. The molecule has 10 atom stereocenters. The summed E-state index contributed by atoms with van der Waals surface area (Å²) in [4.78, 5) is 0. The molecule has 2 rings (SSSR count). The van der Waals surface area contributed by atoms with Crippen molar-refractivity contribution < 1.29 is 54.3 Å². The van der Waals surface area contributed by atoms with E-state index in [9.17, 15) is 30.6 Å². The molecular weight excluding hydrogens is 406 g/mol. The number of hydrogen-bond donors (Lipinski definition) is 7. The Morgan fingerprint density at radius 2 is 1.43 bits per heavy atom. The van der Waals surface area contributed by atoms with Gasteiger partial charge in [-0.2, -0.15) is 0 Å². The molecule has 0 aromatic carbocycles. The molecule has 2 heterocycles. The highest BCUT2D eigenvalue weighted by Crippen LogP contribution is 2.31. The molecule has 0 amide bonds. The molecule has 12 heteroatoms. The van der Waals surface area contributed by atoms with Crippen LogP contribution in [0.5, 0.6) is 0 Å². The average molecular weight is 441 g/mol. The van der Waals surface area contributed by atoms with Crippen molar-refractivity contribution in [3.63, 3.8) is 0 Å². The normalized spacial score (nSPS) is 42.4. The van der Waals surface area contributed by atoms with E-state index in [4.69, 9.17) is 23.7 Å². The van der Waals surface area contributed by atoms with Crippen LogP contribution in [0.4, 0.5) is 0 Å². The molecule has 0 aliphatic carbocycles.